The summed E-state index contributed by atoms with van der Waals surface area (Å²) in [7, 11) is 1.43. The van der Waals surface area contributed by atoms with Gasteiger partial charge < -0.3 is 22.5 Å². The average Bonchev–Trinajstić information content (AvgIpc) is 3.62. The molecule has 1 spiro atoms. The number of ether oxygens (including phenoxy) is 1. The molecule has 0 N–H and O–H groups in total. The topological polar surface area (TPSA) is 118 Å². The zero-order valence-corrected chi connectivity index (χ0v) is 24.9. The Kier molecular flexibility index (Phi) is 8.12. The van der Waals surface area contributed by atoms with E-state index < -0.39 is 22.5 Å². The highest BCUT2D eigenvalue weighted by Crippen LogP contribution is 2.63. The van der Waals surface area contributed by atoms with Gasteiger partial charge in [0.15, 0.2) is 5.58 Å². The molecule has 1 aromatic heterocycles. The summed E-state index contributed by atoms with van der Waals surface area (Å²) in [5.41, 5.74) is 2.54. The number of nitrogens with zero attached hydrogens (tertiary/aromatic N) is 4. The van der Waals surface area contributed by atoms with Crippen LogP contribution < -0.4 is 4.74 Å². The van der Waals surface area contributed by atoms with E-state index in [0.717, 1.165) is 90.9 Å². The standard InChI is InChI=1S/C31H36N4O6S/c1-34(2)19-26-28(38-20-22-5-6-22)10-8-25-27(33-39-30(25)26)9-7-21-11-13-35(14-12-21)18-24-4-3-15-42(24)40-29(36)16-23(17-32)31(37)41-42/h3-4,8,10,15-16,21-22H,5-7,9,11-14,18-20H2,1-2H3. The summed E-state index contributed by atoms with van der Waals surface area (Å²) in [6, 6.07) is 5.88. The Bertz CT molecular complexity index is 1510. The van der Waals surface area contributed by atoms with Gasteiger partial charge in [-0.1, -0.05) is 15.7 Å². The summed E-state index contributed by atoms with van der Waals surface area (Å²) >= 11 is 0. The molecule has 2 aromatic rings. The first-order valence-corrected chi connectivity index (χ1v) is 16.1. The minimum atomic E-state index is -2.67. The van der Waals surface area contributed by atoms with Crippen LogP contribution in [0.2, 0.25) is 0 Å². The van der Waals surface area contributed by atoms with E-state index in [1.54, 1.807) is 17.6 Å². The van der Waals surface area contributed by atoms with Crippen LogP contribution in [0.15, 0.2) is 50.8 Å². The molecule has 4 aliphatic rings. The lowest BCUT2D eigenvalue weighted by atomic mass is 9.91. The van der Waals surface area contributed by atoms with E-state index in [1.165, 1.54) is 12.8 Å². The summed E-state index contributed by atoms with van der Waals surface area (Å²) in [5, 5.41) is 16.3. The van der Waals surface area contributed by atoms with Crippen LogP contribution in [0, 0.1) is 23.2 Å². The molecule has 1 atom stereocenters. The molecule has 11 heteroatoms. The summed E-state index contributed by atoms with van der Waals surface area (Å²) < 4.78 is 23.2. The van der Waals surface area contributed by atoms with Crippen molar-refractivity contribution in [1.82, 2.24) is 15.0 Å². The highest BCUT2D eigenvalue weighted by atomic mass is 32.3. The van der Waals surface area contributed by atoms with Crippen molar-refractivity contribution >= 4 is 33.5 Å². The zero-order chi connectivity index (χ0) is 29.3. The monoisotopic (exact) mass is 592 g/mol. The largest absolute Gasteiger partial charge is 0.493 e. The third-order valence-corrected chi connectivity index (χ3v) is 10.5. The summed E-state index contributed by atoms with van der Waals surface area (Å²) in [5.74, 6) is 0.568. The van der Waals surface area contributed by atoms with Gasteiger partial charge in [-0.3, -0.25) is 4.90 Å². The van der Waals surface area contributed by atoms with Gasteiger partial charge in [0.1, 0.15) is 17.4 Å². The van der Waals surface area contributed by atoms with Crippen molar-refractivity contribution in [1.29, 1.82) is 5.26 Å². The molecule has 10 nitrogen and oxygen atoms in total. The Labute approximate surface area is 247 Å². The number of piperidine rings is 1. The highest BCUT2D eigenvalue weighted by molar-refractivity contribution is 8.32. The highest BCUT2D eigenvalue weighted by Gasteiger charge is 2.38. The number of hydrogen-bond donors (Lipinski definition) is 0. The van der Waals surface area contributed by atoms with Gasteiger partial charge in [-0.15, -0.1) is 0 Å². The molecule has 42 heavy (non-hydrogen) atoms. The molecule has 1 aromatic carbocycles. The second-order valence-corrected chi connectivity index (χ2v) is 14.0. The molecule has 1 saturated heterocycles. The molecule has 0 amide bonds. The smallest absolute Gasteiger partial charge is 0.372 e. The number of likely N-dealkylation sites (tertiary alicyclic amines) is 1. The molecule has 6 rings (SSSR count). The van der Waals surface area contributed by atoms with Crippen LogP contribution in [-0.2, 0) is 30.9 Å². The van der Waals surface area contributed by atoms with Crippen LogP contribution in [0.3, 0.4) is 0 Å². The van der Waals surface area contributed by atoms with Gasteiger partial charge in [0.25, 0.3) is 0 Å². The van der Waals surface area contributed by atoms with E-state index in [2.05, 4.69) is 27.1 Å². The Morgan fingerprint density at radius 1 is 1.14 bits per heavy atom. The maximum Gasteiger partial charge on any atom is 0.372 e. The zero-order valence-electron chi connectivity index (χ0n) is 24.0. The molecular weight excluding hydrogens is 556 g/mol. The fraction of sp³-hybridized carbons (Fsp3) is 0.484. The van der Waals surface area contributed by atoms with E-state index in [0.29, 0.717) is 18.4 Å². The lowest BCUT2D eigenvalue weighted by molar-refractivity contribution is -0.129. The Morgan fingerprint density at radius 3 is 2.69 bits per heavy atom. The number of aromatic nitrogens is 1. The van der Waals surface area contributed by atoms with Crippen molar-refractivity contribution in [3.8, 4) is 11.8 Å². The fourth-order valence-electron chi connectivity index (χ4n) is 5.67. The molecule has 4 heterocycles. The number of rotatable bonds is 10. The first kappa shape index (κ1) is 28.5. The van der Waals surface area contributed by atoms with Gasteiger partial charge in [0.05, 0.1) is 28.8 Å². The van der Waals surface area contributed by atoms with Crippen molar-refractivity contribution in [2.75, 3.05) is 40.3 Å². The minimum Gasteiger partial charge on any atom is -0.493 e. The molecule has 0 bridgehead atoms. The number of aryl methyl sites for hydroxylation is 1. The Morgan fingerprint density at radius 2 is 1.95 bits per heavy atom. The molecule has 0 radical (unpaired) electrons. The van der Waals surface area contributed by atoms with E-state index >= 15 is 0 Å². The van der Waals surface area contributed by atoms with Crippen molar-refractivity contribution in [3.05, 3.63) is 57.5 Å². The first-order chi connectivity index (χ1) is 20.3. The molecule has 1 unspecified atom stereocenters. The lowest BCUT2D eigenvalue weighted by Crippen LogP contribution is -2.36. The molecule has 1 saturated carbocycles. The SMILES string of the molecule is CN(C)Cc1c(OCC2CC2)ccc2c(CCC3CCN(CC4=CC=CS45OC(=O)C=C(C#N)C(=O)O5)CC3)noc12. The third-order valence-electron chi connectivity index (χ3n) is 8.21. The Hall–Kier alpha value is -3.59. The lowest BCUT2D eigenvalue weighted by Gasteiger charge is -2.40. The number of allylic oxidation sites excluding steroid dienone is 2. The van der Waals surface area contributed by atoms with Gasteiger partial charge >= 0.3 is 11.9 Å². The van der Waals surface area contributed by atoms with E-state index in [-0.39, 0.29) is 5.57 Å². The van der Waals surface area contributed by atoms with Crippen LogP contribution in [0.1, 0.15) is 43.4 Å². The number of fused-ring (bicyclic) bond motifs is 1. The first-order valence-electron chi connectivity index (χ1n) is 14.5. The number of benzene rings is 1. The maximum absolute atomic E-state index is 12.4. The Balaban J connectivity index is 1.04. The number of hydrogen-bond acceptors (Lipinski definition) is 10. The third kappa shape index (κ3) is 6.11. The fourth-order valence-corrected chi connectivity index (χ4v) is 7.73. The predicted octanol–water partition coefficient (Wildman–Crippen LogP) is 4.92. The average molecular weight is 593 g/mol. The predicted molar refractivity (Wildman–Crippen MR) is 158 cm³/mol. The van der Waals surface area contributed by atoms with Gasteiger partial charge in [-0.05, 0) is 102 Å². The second-order valence-electron chi connectivity index (χ2n) is 11.7. The molecular formula is C31H36N4O6S. The van der Waals surface area contributed by atoms with E-state index in [4.69, 9.17) is 22.9 Å². The van der Waals surface area contributed by atoms with Crippen LogP contribution >= 0.6 is 10.6 Å². The summed E-state index contributed by atoms with van der Waals surface area (Å²) in [6.07, 6.45) is 10.9. The normalized spacial score (nSPS) is 24.6. The summed E-state index contributed by atoms with van der Waals surface area (Å²) in [6.45, 7) is 3.79. The molecule has 2 fully saturated rings. The minimum absolute atomic E-state index is 0.346. The van der Waals surface area contributed by atoms with E-state index in [1.807, 2.05) is 20.2 Å². The molecule has 222 valence electrons. The van der Waals surface area contributed by atoms with E-state index in [9.17, 15) is 9.59 Å². The van der Waals surface area contributed by atoms with Gasteiger partial charge in [0.2, 0.25) is 0 Å². The van der Waals surface area contributed by atoms with Crippen molar-refractivity contribution in [2.45, 2.75) is 45.1 Å². The van der Waals surface area contributed by atoms with Crippen LogP contribution in [0.4, 0.5) is 0 Å². The molecule has 1 aliphatic carbocycles. The quantitative estimate of drug-likeness (QED) is 0.376. The van der Waals surface area contributed by atoms with Gasteiger partial charge in [0, 0.05) is 23.9 Å². The summed E-state index contributed by atoms with van der Waals surface area (Å²) in [4.78, 5) is 29.9. The van der Waals surface area contributed by atoms with Crippen molar-refractivity contribution in [2.24, 2.45) is 11.8 Å². The van der Waals surface area contributed by atoms with Gasteiger partial charge in [-0.25, -0.2) is 9.59 Å². The van der Waals surface area contributed by atoms with Gasteiger partial charge in [-0.2, -0.15) is 5.26 Å². The molecule has 3 aliphatic heterocycles. The number of carbonyl (C=O) groups is 2. The van der Waals surface area contributed by atoms with Crippen LogP contribution in [0.5, 0.6) is 5.75 Å². The van der Waals surface area contributed by atoms with Crippen LogP contribution in [-0.4, -0.2) is 67.2 Å². The van der Waals surface area contributed by atoms with Crippen molar-refractivity contribution < 1.29 is 27.2 Å². The van der Waals surface area contributed by atoms with Crippen LogP contribution in [0.25, 0.3) is 11.0 Å². The van der Waals surface area contributed by atoms with Crippen molar-refractivity contribution in [3.63, 3.8) is 0 Å². The maximum atomic E-state index is 12.4. The number of carbonyl (C=O) groups excluding carboxylic acids is 2. The second kappa shape index (κ2) is 12.0. The number of nitriles is 1.